The highest BCUT2D eigenvalue weighted by Gasteiger charge is 2.40. The predicted molar refractivity (Wildman–Crippen MR) is 52.3 cm³/mol. The fraction of sp³-hybridized carbons (Fsp3) is 0.909. The average molecular weight is 184 g/mol. The summed E-state index contributed by atoms with van der Waals surface area (Å²) in [5, 5.41) is 0. The zero-order valence-corrected chi connectivity index (χ0v) is 9.09. The first-order valence-electron chi connectivity index (χ1n) is 5.05. The first-order chi connectivity index (χ1) is 5.97. The molecule has 0 amide bonds. The second-order valence-corrected chi connectivity index (χ2v) is 4.94. The van der Waals surface area contributed by atoms with Crippen LogP contribution in [-0.4, -0.2) is 13.1 Å². The molecule has 1 fully saturated rings. The minimum atomic E-state index is -0.0310. The Hall–Kier alpha value is -0.530. The van der Waals surface area contributed by atoms with Crippen molar-refractivity contribution in [2.75, 3.05) is 7.11 Å². The van der Waals surface area contributed by atoms with E-state index in [1.807, 2.05) is 0 Å². The number of ether oxygens (including phenoxy) is 1. The molecule has 76 valence electrons. The second-order valence-electron chi connectivity index (χ2n) is 4.94. The normalized spacial score (nSPS) is 32.6. The third kappa shape index (κ3) is 2.23. The molecule has 0 spiro atoms. The molecule has 13 heavy (non-hydrogen) atoms. The number of hydrogen-bond donors (Lipinski definition) is 0. The van der Waals surface area contributed by atoms with Crippen molar-refractivity contribution in [1.82, 2.24) is 0 Å². The van der Waals surface area contributed by atoms with E-state index < -0.39 is 0 Å². The van der Waals surface area contributed by atoms with Gasteiger partial charge in [0.1, 0.15) is 0 Å². The molecule has 0 aromatic heterocycles. The zero-order chi connectivity index (χ0) is 10.1. The average Bonchev–Trinajstić information content (AvgIpc) is 2.08. The number of rotatable bonds is 1. The Bertz CT molecular complexity index is 196. The Labute approximate surface area is 80.7 Å². The molecule has 2 nitrogen and oxygen atoms in total. The van der Waals surface area contributed by atoms with E-state index in [0.717, 1.165) is 12.8 Å². The minimum Gasteiger partial charge on any atom is -0.469 e. The number of hydrogen-bond acceptors (Lipinski definition) is 2. The van der Waals surface area contributed by atoms with Gasteiger partial charge in [-0.25, -0.2) is 0 Å². The van der Waals surface area contributed by atoms with Crippen LogP contribution < -0.4 is 0 Å². The van der Waals surface area contributed by atoms with E-state index >= 15 is 0 Å². The summed E-state index contributed by atoms with van der Waals surface area (Å²) in [7, 11) is 1.48. The standard InChI is InChI=1S/C11H20O2/c1-8-5-6-11(2,3)9(7-8)10(12)13-4/h8-9H,5-7H2,1-4H3. The van der Waals surface area contributed by atoms with Crippen molar-refractivity contribution >= 4 is 5.97 Å². The van der Waals surface area contributed by atoms with Crippen LogP contribution in [-0.2, 0) is 9.53 Å². The number of carbonyl (C=O) groups is 1. The first-order valence-corrected chi connectivity index (χ1v) is 5.05. The molecule has 2 heteroatoms. The summed E-state index contributed by atoms with van der Waals surface area (Å²) in [5.74, 6) is 0.731. The maximum absolute atomic E-state index is 11.5. The van der Waals surface area contributed by atoms with Crippen molar-refractivity contribution in [3.8, 4) is 0 Å². The SMILES string of the molecule is COC(=O)C1CC(C)CCC1(C)C. The molecular formula is C11H20O2. The molecule has 2 unspecified atom stereocenters. The van der Waals surface area contributed by atoms with Gasteiger partial charge >= 0.3 is 5.97 Å². The predicted octanol–water partition coefficient (Wildman–Crippen LogP) is 2.62. The van der Waals surface area contributed by atoms with Crippen molar-refractivity contribution in [3.05, 3.63) is 0 Å². The summed E-state index contributed by atoms with van der Waals surface area (Å²) in [5.41, 5.74) is 0.125. The monoisotopic (exact) mass is 184 g/mol. The third-order valence-corrected chi connectivity index (χ3v) is 3.35. The highest BCUT2D eigenvalue weighted by Crippen LogP contribution is 2.43. The summed E-state index contributed by atoms with van der Waals surface area (Å²) in [6.45, 7) is 6.55. The molecule has 0 aliphatic heterocycles. The van der Waals surface area contributed by atoms with Crippen LogP contribution in [0.25, 0.3) is 0 Å². The van der Waals surface area contributed by atoms with Crippen molar-refractivity contribution < 1.29 is 9.53 Å². The molecular weight excluding hydrogens is 164 g/mol. The molecule has 2 atom stereocenters. The quantitative estimate of drug-likeness (QED) is 0.585. The zero-order valence-electron chi connectivity index (χ0n) is 9.09. The largest absolute Gasteiger partial charge is 0.469 e. The lowest BCUT2D eigenvalue weighted by Crippen LogP contribution is -2.37. The van der Waals surface area contributed by atoms with Gasteiger partial charge in [0.15, 0.2) is 0 Å². The van der Waals surface area contributed by atoms with E-state index in [4.69, 9.17) is 4.74 Å². The Kier molecular flexibility index (Phi) is 2.99. The smallest absolute Gasteiger partial charge is 0.309 e. The van der Waals surface area contributed by atoms with E-state index in [2.05, 4.69) is 20.8 Å². The number of carbonyl (C=O) groups excluding carboxylic acids is 1. The molecule has 0 bridgehead atoms. The maximum atomic E-state index is 11.5. The summed E-state index contributed by atoms with van der Waals surface area (Å²) in [6.07, 6.45) is 3.36. The van der Waals surface area contributed by atoms with E-state index in [1.165, 1.54) is 13.5 Å². The second kappa shape index (κ2) is 3.69. The summed E-state index contributed by atoms with van der Waals surface area (Å²) in [4.78, 5) is 11.5. The van der Waals surface area contributed by atoms with Crippen LogP contribution in [0.4, 0.5) is 0 Å². The fourth-order valence-corrected chi connectivity index (χ4v) is 2.19. The van der Waals surface area contributed by atoms with Gasteiger partial charge in [-0.15, -0.1) is 0 Å². The van der Waals surface area contributed by atoms with E-state index in [0.29, 0.717) is 5.92 Å². The van der Waals surface area contributed by atoms with Gasteiger partial charge in [-0.3, -0.25) is 4.79 Å². The highest BCUT2D eigenvalue weighted by atomic mass is 16.5. The molecule has 1 aliphatic carbocycles. The molecule has 0 heterocycles. The van der Waals surface area contributed by atoms with Crippen LogP contribution in [0.2, 0.25) is 0 Å². The van der Waals surface area contributed by atoms with Gasteiger partial charge in [-0.1, -0.05) is 27.2 Å². The van der Waals surface area contributed by atoms with E-state index in [-0.39, 0.29) is 17.3 Å². The first kappa shape index (κ1) is 10.6. The Morgan fingerprint density at radius 2 is 2.08 bits per heavy atom. The molecule has 0 saturated heterocycles. The van der Waals surface area contributed by atoms with Crippen molar-refractivity contribution in [1.29, 1.82) is 0 Å². The van der Waals surface area contributed by atoms with Crippen LogP contribution in [0.15, 0.2) is 0 Å². The maximum Gasteiger partial charge on any atom is 0.309 e. The van der Waals surface area contributed by atoms with Crippen molar-refractivity contribution in [2.24, 2.45) is 17.3 Å². The lowest BCUT2D eigenvalue weighted by molar-refractivity contribution is -0.152. The van der Waals surface area contributed by atoms with Crippen LogP contribution in [0.5, 0.6) is 0 Å². The van der Waals surface area contributed by atoms with Crippen LogP contribution in [0.3, 0.4) is 0 Å². The molecule has 0 aromatic carbocycles. The van der Waals surface area contributed by atoms with Crippen LogP contribution >= 0.6 is 0 Å². The fourth-order valence-electron chi connectivity index (χ4n) is 2.19. The van der Waals surface area contributed by atoms with Crippen LogP contribution in [0, 0.1) is 17.3 Å². The molecule has 1 rings (SSSR count). The summed E-state index contributed by atoms with van der Waals surface area (Å²) in [6, 6.07) is 0. The summed E-state index contributed by atoms with van der Waals surface area (Å²) >= 11 is 0. The third-order valence-electron chi connectivity index (χ3n) is 3.35. The van der Waals surface area contributed by atoms with Gasteiger partial charge in [0.05, 0.1) is 13.0 Å². The van der Waals surface area contributed by atoms with Gasteiger partial charge in [-0.2, -0.15) is 0 Å². The van der Waals surface area contributed by atoms with Gasteiger partial charge in [0.2, 0.25) is 0 Å². The van der Waals surface area contributed by atoms with Crippen LogP contribution in [0.1, 0.15) is 40.0 Å². The molecule has 0 radical (unpaired) electrons. The van der Waals surface area contributed by atoms with Gasteiger partial charge in [0, 0.05) is 0 Å². The summed E-state index contributed by atoms with van der Waals surface area (Å²) < 4.78 is 4.83. The molecule has 0 N–H and O–H groups in total. The van der Waals surface area contributed by atoms with Crippen molar-refractivity contribution in [2.45, 2.75) is 40.0 Å². The van der Waals surface area contributed by atoms with Gasteiger partial charge in [-0.05, 0) is 24.2 Å². The number of methoxy groups -OCH3 is 1. The molecule has 1 aliphatic rings. The Morgan fingerprint density at radius 1 is 1.46 bits per heavy atom. The minimum absolute atomic E-state index is 0.0310. The lowest BCUT2D eigenvalue weighted by Gasteiger charge is -2.39. The van der Waals surface area contributed by atoms with Crippen molar-refractivity contribution in [3.63, 3.8) is 0 Å². The highest BCUT2D eigenvalue weighted by molar-refractivity contribution is 5.73. The topological polar surface area (TPSA) is 26.3 Å². The Balaban J connectivity index is 2.72. The lowest BCUT2D eigenvalue weighted by atomic mass is 9.66. The van der Waals surface area contributed by atoms with E-state index in [9.17, 15) is 4.79 Å². The van der Waals surface area contributed by atoms with Gasteiger partial charge in [0.25, 0.3) is 0 Å². The Morgan fingerprint density at radius 3 is 2.62 bits per heavy atom. The number of esters is 1. The molecule has 0 aromatic rings. The van der Waals surface area contributed by atoms with E-state index in [1.54, 1.807) is 0 Å². The molecule has 1 saturated carbocycles. The van der Waals surface area contributed by atoms with Gasteiger partial charge < -0.3 is 4.74 Å².